The molecule has 1 aliphatic heterocycles. The van der Waals surface area contributed by atoms with Crippen LogP contribution in [0.5, 0.6) is 0 Å². The monoisotopic (exact) mass is 249 g/mol. The van der Waals surface area contributed by atoms with Crippen LogP contribution in [0, 0.1) is 16.7 Å². The Kier molecular flexibility index (Phi) is 4.64. The van der Waals surface area contributed by atoms with Gasteiger partial charge >= 0.3 is 0 Å². The van der Waals surface area contributed by atoms with Gasteiger partial charge in [-0.1, -0.05) is 6.42 Å². The lowest BCUT2D eigenvalue weighted by molar-refractivity contribution is 0.132. The van der Waals surface area contributed by atoms with Gasteiger partial charge in [-0.05, 0) is 59.0 Å². The molecule has 1 atom stereocenters. The number of nitrogens with zero attached hydrogens (tertiary/aromatic N) is 2. The van der Waals surface area contributed by atoms with Crippen molar-refractivity contribution in [3.63, 3.8) is 0 Å². The molecule has 1 heterocycles. The van der Waals surface area contributed by atoms with Crippen LogP contribution in [0.3, 0.4) is 0 Å². The number of piperidine rings is 1. The summed E-state index contributed by atoms with van der Waals surface area (Å²) in [7, 11) is 0. The van der Waals surface area contributed by atoms with E-state index in [0.717, 1.165) is 25.6 Å². The maximum Gasteiger partial charge on any atom is 0.0684 e. The van der Waals surface area contributed by atoms with Gasteiger partial charge in [0, 0.05) is 18.6 Å². The van der Waals surface area contributed by atoms with Gasteiger partial charge in [0.05, 0.1) is 11.5 Å². The molecule has 2 aliphatic rings. The van der Waals surface area contributed by atoms with Crippen LogP contribution >= 0.6 is 0 Å². The van der Waals surface area contributed by atoms with Gasteiger partial charge in [-0.25, -0.2) is 0 Å². The van der Waals surface area contributed by atoms with Crippen LogP contribution < -0.4 is 5.32 Å². The fraction of sp³-hybridized carbons (Fsp3) is 0.933. The molecule has 0 bridgehead atoms. The smallest absolute Gasteiger partial charge is 0.0684 e. The second kappa shape index (κ2) is 6.04. The number of nitrogens with one attached hydrogen (secondary N) is 1. The summed E-state index contributed by atoms with van der Waals surface area (Å²) < 4.78 is 0. The molecule has 1 unspecified atom stereocenters. The summed E-state index contributed by atoms with van der Waals surface area (Å²) >= 11 is 0. The van der Waals surface area contributed by atoms with Gasteiger partial charge in [0.1, 0.15) is 0 Å². The van der Waals surface area contributed by atoms with Crippen LogP contribution in [-0.2, 0) is 0 Å². The third kappa shape index (κ3) is 4.26. The lowest BCUT2D eigenvalue weighted by Gasteiger charge is -2.37. The third-order valence-corrected chi connectivity index (χ3v) is 4.30. The average molecular weight is 249 g/mol. The molecule has 0 spiro atoms. The standard InChI is InChI=1S/C15H27N3/c1-15(2,12-16)8-10-18-9-4-3-5-14(18)11-17-13-6-7-13/h13-14,17H,3-11H2,1-2H3. The summed E-state index contributed by atoms with van der Waals surface area (Å²) in [6, 6.07) is 3.93. The van der Waals surface area contributed by atoms with Gasteiger partial charge in [0.25, 0.3) is 0 Å². The first kappa shape index (κ1) is 13.8. The molecule has 0 radical (unpaired) electrons. The van der Waals surface area contributed by atoms with E-state index in [2.05, 4.69) is 30.1 Å². The van der Waals surface area contributed by atoms with E-state index in [-0.39, 0.29) is 5.41 Å². The van der Waals surface area contributed by atoms with E-state index in [0.29, 0.717) is 6.04 Å². The first-order valence-corrected chi connectivity index (χ1v) is 7.49. The summed E-state index contributed by atoms with van der Waals surface area (Å²) in [5.74, 6) is 0. The van der Waals surface area contributed by atoms with Gasteiger partial charge in [-0.3, -0.25) is 4.90 Å². The van der Waals surface area contributed by atoms with E-state index in [4.69, 9.17) is 5.26 Å². The topological polar surface area (TPSA) is 39.1 Å². The Morgan fingerprint density at radius 3 is 2.72 bits per heavy atom. The van der Waals surface area contributed by atoms with E-state index in [1.165, 1.54) is 38.6 Å². The molecule has 1 saturated carbocycles. The number of likely N-dealkylation sites (tertiary alicyclic amines) is 1. The third-order valence-electron chi connectivity index (χ3n) is 4.30. The van der Waals surface area contributed by atoms with Crippen molar-refractivity contribution in [2.75, 3.05) is 19.6 Å². The highest BCUT2D eigenvalue weighted by atomic mass is 15.2. The quantitative estimate of drug-likeness (QED) is 0.786. The van der Waals surface area contributed by atoms with Gasteiger partial charge in [0.15, 0.2) is 0 Å². The molecule has 18 heavy (non-hydrogen) atoms. The summed E-state index contributed by atoms with van der Waals surface area (Å²) in [5.41, 5.74) is -0.175. The van der Waals surface area contributed by atoms with Crippen LogP contribution in [0.25, 0.3) is 0 Å². The molecule has 1 N–H and O–H groups in total. The Morgan fingerprint density at radius 2 is 2.06 bits per heavy atom. The zero-order valence-electron chi connectivity index (χ0n) is 11.9. The highest BCUT2D eigenvalue weighted by Crippen LogP contribution is 2.24. The molecular weight excluding hydrogens is 222 g/mol. The van der Waals surface area contributed by atoms with Crippen molar-refractivity contribution in [1.29, 1.82) is 5.26 Å². The summed E-state index contributed by atoms with van der Waals surface area (Å²) in [6.07, 6.45) is 7.75. The zero-order valence-corrected chi connectivity index (χ0v) is 11.9. The largest absolute Gasteiger partial charge is 0.312 e. The maximum atomic E-state index is 9.09. The second-order valence-electron chi connectivity index (χ2n) is 6.61. The molecule has 0 aromatic rings. The minimum absolute atomic E-state index is 0.175. The van der Waals surface area contributed by atoms with Crippen molar-refractivity contribution in [1.82, 2.24) is 10.2 Å². The van der Waals surface area contributed by atoms with Crippen LogP contribution in [-0.4, -0.2) is 36.6 Å². The van der Waals surface area contributed by atoms with Gasteiger partial charge in [-0.2, -0.15) is 5.26 Å². The summed E-state index contributed by atoms with van der Waals surface area (Å²) in [4.78, 5) is 2.61. The number of nitriles is 1. The Bertz CT molecular complexity index is 301. The van der Waals surface area contributed by atoms with E-state index in [9.17, 15) is 0 Å². The molecular formula is C15H27N3. The molecule has 2 rings (SSSR count). The summed E-state index contributed by atoms with van der Waals surface area (Å²) in [5, 5.41) is 12.8. The normalized spacial score (nSPS) is 25.9. The van der Waals surface area contributed by atoms with Gasteiger partial charge in [-0.15, -0.1) is 0 Å². The fourth-order valence-electron chi connectivity index (χ4n) is 2.65. The Labute approximate surface area is 112 Å². The first-order valence-electron chi connectivity index (χ1n) is 7.49. The molecule has 2 fully saturated rings. The SMILES string of the molecule is CC(C)(C#N)CCN1CCCCC1CNC1CC1. The number of hydrogen-bond donors (Lipinski definition) is 1. The zero-order chi connectivity index (χ0) is 13.0. The lowest BCUT2D eigenvalue weighted by atomic mass is 9.90. The Morgan fingerprint density at radius 1 is 1.28 bits per heavy atom. The highest BCUT2D eigenvalue weighted by Gasteiger charge is 2.27. The highest BCUT2D eigenvalue weighted by molar-refractivity contribution is 4.93. The molecule has 1 saturated heterocycles. The second-order valence-corrected chi connectivity index (χ2v) is 6.61. The van der Waals surface area contributed by atoms with E-state index < -0.39 is 0 Å². The predicted octanol–water partition coefficient (Wildman–Crippen LogP) is 2.53. The lowest BCUT2D eigenvalue weighted by Crippen LogP contribution is -2.46. The first-order chi connectivity index (χ1) is 8.61. The Balaban J connectivity index is 1.77. The summed E-state index contributed by atoms with van der Waals surface area (Å²) in [6.45, 7) is 7.55. The average Bonchev–Trinajstić information content (AvgIpc) is 3.19. The number of hydrogen-bond acceptors (Lipinski definition) is 3. The molecule has 3 heteroatoms. The minimum Gasteiger partial charge on any atom is -0.312 e. The van der Waals surface area contributed by atoms with Crippen molar-refractivity contribution < 1.29 is 0 Å². The van der Waals surface area contributed by atoms with Gasteiger partial charge in [0.2, 0.25) is 0 Å². The van der Waals surface area contributed by atoms with Crippen LogP contribution in [0.4, 0.5) is 0 Å². The van der Waals surface area contributed by atoms with Crippen molar-refractivity contribution in [2.24, 2.45) is 5.41 Å². The van der Waals surface area contributed by atoms with Crippen molar-refractivity contribution in [2.45, 2.75) is 64.5 Å². The molecule has 3 nitrogen and oxygen atoms in total. The molecule has 102 valence electrons. The van der Waals surface area contributed by atoms with Crippen LogP contribution in [0.2, 0.25) is 0 Å². The molecule has 0 amide bonds. The van der Waals surface area contributed by atoms with Crippen LogP contribution in [0.1, 0.15) is 52.4 Å². The minimum atomic E-state index is -0.175. The van der Waals surface area contributed by atoms with E-state index in [1.807, 2.05) is 0 Å². The van der Waals surface area contributed by atoms with Crippen molar-refractivity contribution >= 4 is 0 Å². The van der Waals surface area contributed by atoms with Crippen LogP contribution in [0.15, 0.2) is 0 Å². The molecule has 1 aliphatic carbocycles. The van der Waals surface area contributed by atoms with E-state index in [1.54, 1.807) is 0 Å². The van der Waals surface area contributed by atoms with Gasteiger partial charge < -0.3 is 5.32 Å². The predicted molar refractivity (Wildman–Crippen MR) is 74.2 cm³/mol. The maximum absolute atomic E-state index is 9.09. The number of rotatable bonds is 6. The Hall–Kier alpha value is -0.590. The molecule has 0 aromatic carbocycles. The van der Waals surface area contributed by atoms with Crippen molar-refractivity contribution in [3.05, 3.63) is 0 Å². The van der Waals surface area contributed by atoms with Crippen molar-refractivity contribution in [3.8, 4) is 6.07 Å². The molecule has 0 aromatic heterocycles. The fourth-order valence-corrected chi connectivity index (χ4v) is 2.65. The van der Waals surface area contributed by atoms with E-state index >= 15 is 0 Å².